The van der Waals surface area contributed by atoms with E-state index < -0.39 is 0 Å². The Morgan fingerprint density at radius 1 is 1.50 bits per heavy atom. The van der Waals surface area contributed by atoms with Crippen LogP contribution >= 0.6 is 0 Å². The van der Waals surface area contributed by atoms with Crippen LogP contribution in [0.1, 0.15) is 25.6 Å². The summed E-state index contributed by atoms with van der Waals surface area (Å²) in [6.45, 7) is 4.56. The maximum absolute atomic E-state index is 13.3. The number of fused-ring (bicyclic) bond motifs is 1. The second-order valence-electron chi connectivity index (χ2n) is 6.01. The van der Waals surface area contributed by atoms with Crippen molar-refractivity contribution in [2.24, 2.45) is 18.9 Å². The molecule has 1 aromatic carbocycles. The van der Waals surface area contributed by atoms with E-state index >= 15 is 0 Å². The van der Waals surface area contributed by atoms with E-state index in [1.165, 1.54) is 25.0 Å². The first-order chi connectivity index (χ1) is 9.65. The van der Waals surface area contributed by atoms with Gasteiger partial charge in [-0.25, -0.2) is 9.37 Å². The largest absolute Gasteiger partial charge is 0.331 e. The van der Waals surface area contributed by atoms with Gasteiger partial charge in [0.05, 0.1) is 11.0 Å². The summed E-state index contributed by atoms with van der Waals surface area (Å²) in [6.07, 6.45) is 3.52. The lowest BCUT2D eigenvalue weighted by molar-refractivity contribution is 0.275. The van der Waals surface area contributed by atoms with Crippen LogP contribution in [-0.2, 0) is 13.5 Å². The summed E-state index contributed by atoms with van der Waals surface area (Å²) < 4.78 is 15.4. The van der Waals surface area contributed by atoms with Crippen LogP contribution < -0.4 is 5.32 Å². The average molecular weight is 275 g/mol. The van der Waals surface area contributed by atoms with E-state index in [9.17, 15) is 4.39 Å². The molecule has 0 bridgehead atoms. The smallest absolute Gasteiger partial charge is 0.125 e. The lowest BCUT2D eigenvalue weighted by Gasteiger charge is -2.28. The number of nitrogens with one attached hydrogen (secondary N) is 1. The summed E-state index contributed by atoms with van der Waals surface area (Å²) in [5.74, 6) is 2.17. The van der Waals surface area contributed by atoms with Crippen LogP contribution in [0.3, 0.4) is 0 Å². The van der Waals surface area contributed by atoms with Crippen LogP contribution in [0.4, 0.5) is 4.39 Å². The van der Waals surface area contributed by atoms with E-state index in [1.54, 1.807) is 0 Å². The molecule has 0 radical (unpaired) electrons. The second-order valence-corrected chi connectivity index (χ2v) is 6.01. The molecule has 3 nitrogen and oxygen atoms in total. The molecule has 1 saturated heterocycles. The van der Waals surface area contributed by atoms with Crippen molar-refractivity contribution >= 4 is 11.0 Å². The number of aromatic nitrogens is 2. The number of piperidine rings is 1. The normalized spacial score (nSPS) is 21.2. The van der Waals surface area contributed by atoms with E-state index in [2.05, 4.69) is 21.8 Å². The first-order valence-electron chi connectivity index (χ1n) is 7.46. The summed E-state index contributed by atoms with van der Waals surface area (Å²) >= 11 is 0. The molecule has 1 aromatic heterocycles. The molecule has 3 rings (SSSR count). The van der Waals surface area contributed by atoms with Crippen LogP contribution in [0.2, 0.25) is 0 Å². The van der Waals surface area contributed by atoms with Crippen molar-refractivity contribution in [3.8, 4) is 0 Å². The fraction of sp³-hybridized carbons (Fsp3) is 0.562. The monoisotopic (exact) mass is 275 g/mol. The van der Waals surface area contributed by atoms with Crippen LogP contribution in [0.15, 0.2) is 18.2 Å². The molecule has 108 valence electrons. The van der Waals surface area contributed by atoms with Crippen molar-refractivity contribution < 1.29 is 4.39 Å². The zero-order chi connectivity index (χ0) is 14.1. The highest BCUT2D eigenvalue weighted by Gasteiger charge is 2.22. The van der Waals surface area contributed by atoms with Gasteiger partial charge in [0.2, 0.25) is 0 Å². The molecule has 1 fully saturated rings. The molecule has 2 atom stereocenters. The van der Waals surface area contributed by atoms with Gasteiger partial charge in [0.15, 0.2) is 0 Å². The molecule has 20 heavy (non-hydrogen) atoms. The predicted molar refractivity (Wildman–Crippen MR) is 79.1 cm³/mol. The zero-order valence-electron chi connectivity index (χ0n) is 12.2. The van der Waals surface area contributed by atoms with Crippen molar-refractivity contribution in [1.29, 1.82) is 0 Å². The number of hydrogen-bond acceptors (Lipinski definition) is 2. The van der Waals surface area contributed by atoms with Gasteiger partial charge in [-0.1, -0.05) is 6.92 Å². The van der Waals surface area contributed by atoms with Gasteiger partial charge in [-0.05, 0) is 49.9 Å². The number of nitrogens with zero attached hydrogens (tertiary/aromatic N) is 2. The highest BCUT2D eigenvalue weighted by atomic mass is 19.1. The van der Waals surface area contributed by atoms with Crippen LogP contribution in [0.5, 0.6) is 0 Å². The Kier molecular flexibility index (Phi) is 3.74. The molecule has 1 aliphatic heterocycles. The third-order valence-corrected chi connectivity index (χ3v) is 4.58. The van der Waals surface area contributed by atoms with Crippen LogP contribution in [0.25, 0.3) is 11.0 Å². The van der Waals surface area contributed by atoms with Gasteiger partial charge in [-0.15, -0.1) is 0 Å². The van der Waals surface area contributed by atoms with Crippen LogP contribution in [-0.4, -0.2) is 22.6 Å². The van der Waals surface area contributed by atoms with Gasteiger partial charge in [0, 0.05) is 19.5 Å². The molecule has 0 amide bonds. The topological polar surface area (TPSA) is 29.9 Å². The molecular weight excluding hydrogens is 253 g/mol. The van der Waals surface area contributed by atoms with Gasteiger partial charge in [-0.2, -0.15) is 0 Å². The molecule has 0 saturated carbocycles. The highest BCUT2D eigenvalue weighted by Crippen LogP contribution is 2.24. The molecule has 0 spiro atoms. The van der Waals surface area contributed by atoms with Gasteiger partial charge < -0.3 is 9.88 Å². The summed E-state index contributed by atoms with van der Waals surface area (Å²) in [4.78, 5) is 4.61. The van der Waals surface area contributed by atoms with E-state index in [-0.39, 0.29) is 5.82 Å². The highest BCUT2D eigenvalue weighted by molar-refractivity contribution is 5.75. The SMILES string of the molecule is CC(Cc1nc2cc(F)ccc2n1C)C1CCCNC1. The molecule has 1 N–H and O–H groups in total. The summed E-state index contributed by atoms with van der Waals surface area (Å²) in [5, 5.41) is 3.47. The number of hydrogen-bond donors (Lipinski definition) is 1. The molecular formula is C16H22FN3. The minimum Gasteiger partial charge on any atom is -0.331 e. The van der Waals surface area contributed by atoms with E-state index in [4.69, 9.17) is 0 Å². The van der Waals surface area contributed by atoms with Gasteiger partial charge in [0.25, 0.3) is 0 Å². The Bertz CT molecular complexity index is 599. The summed E-state index contributed by atoms with van der Waals surface area (Å²) in [5.41, 5.74) is 1.77. The molecule has 4 heteroatoms. The average Bonchev–Trinajstić information content (AvgIpc) is 2.75. The fourth-order valence-corrected chi connectivity index (χ4v) is 3.22. The number of rotatable bonds is 3. The Hall–Kier alpha value is -1.42. The Balaban J connectivity index is 1.81. The van der Waals surface area contributed by atoms with Gasteiger partial charge in [0.1, 0.15) is 11.6 Å². The quantitative estimate of drug-likeness (QED) is 0.933. The molecule has 2 aromatic rings. The van der Waals surface area contributed by atoms with Gasteiger partial charge in [-0.3, -0.25) is 0 Å². The Morgan fingerprint density at radius 3 is 3.10 bits per heavy atom. The third-order valence-electron chi connectivity index (χ3n) is 4.58. The Labute approximate surface area is 119 Å². The second kappa shape index (κ2) is 5.52. The minimum absolute atomic E-state index is 0.216. The van der Waals surface area contributed by atoms with Gasteiger partial charge >= 0.3 is 0 Å². The van der Waals surface area contributed by atoms with E-state index in [1.807, 2.05) is 13.1 Å². The summed E-state index contributed by atoms with van der Waals surface area (Å²) in [7, 11) is 2.02. The summed E-state index contributed by atoms with van der Waals surface area (Å²) in [6, 6.07) is 4.84. The predicted octanol–water partition coefficient (Wildman–Crippen LogP) is 2.89. The maximum atomic E-state index is 13.3. The maximum Gasteiger partial charge on any atom is 0.125 e. The third kappa shape index (κ3) is 2.57. The lowest BCUT2D eigenvalue weighted by atomic mass is 9.85. The zero-order valence-corrected chi connectivity index (χ0v) is 12.2. The number of imidazole rings is 1. The van der Waals surface area contributed by atoms with E-state index in [0.717, 1.165) is 42.3 Å². The minimum atomic E-state index is -0.216. The molecule has 2 unspecified atom stereocenters. The number of benzene rings is 1. The molecule has 2 heterocycles. The number of aryl methyl sites for hydroxylation is 1. The first-order valence-corrected chi connectivity index (χ1v) is 7.46. The van der Waals surface area contributed by atoms with Crippen molar-refractivity contribution in [2.75, 3.05) is 13.1 Å². The molecule has 1 aliphatic rings. The van der Waals surface area contributed by atoms with Crippen molar-refractivity contribution in [1.82, 2.24) is 14.9 Å². The number of halogens is 1. The van der Waals surface area contributed by atoms with Crippen molar-refractivity contribution in [2.45, 2.75) is 26.2 Å². The first kappa shape index (κ1) is 13.6. The standard InChI is InChI=1S/C16H22FN3/c1-11(12-4-3-7-18-10-12)8-16-19-14-9-13(17)5-6-15(14)20(16)2/h5-6,9,11-12,18H,3-4,7-8,10H2,1-2H3. The fourth-order valence-electron chi connectivity index (χ4n) is 3.22. The van der Waals surface area contributed by atoms with Crippen LogP contribution in [0, 0.1) is 17.7 Å². The lowest BCUT2D eigenvalue weighted by Crippen LogP contribution is -2.34. The van der Waals surface area contributed by atoms with Crippen molar-refractivity contribution in [3.05, 3.63) is 29.8 Å². The Morgan fingerprint density at radius 2 is 2.35 bits per heavy atom. The van der Waals surface area contributed by atoms with Crippen molar-refractivity contribution in [3.63, 3.8) is 0 Å². The molecule has 0 aliphatic carbocycles. The van der Waals surface area contributed by atoms with E-state index in [0.29, 0.717) is 5.92 Å².